The van der Waals surface area contributed by atoms with Gasteiger partial charge < -0.3 is 10.1 Å². The number of anilines is 1. The average molecular weight is 381 g/mol. The van der Waals surface area contributed by atoms with Crippen LogP contribution in [0.2, 0.25) is 0 Å². The van der Waals surface area contributed by atoms with Gasteiger partial charge in [0.05, 0.1) is 18.0 Å². The summed E-state index contributed by atoms with van der Waals surface area (Å²) >= 11 is 0. The third kappa shape index (κ3) is 3.95. The van der Waals surface area contributed by atoms with Gasteiger partial charge >= 0.3 is 0 Å². The van der Waals surface area contributed by atoms with Crippen LogP contribution in [0.1, 0.15) is 31.3 Å². The Morgan fingerprint density at radius 1 is 1.18 bits per heavy atom. The molecule has 0 aliphatic heterocycles. The fourth-order valence-electron chi connectivity index (χ4n) is 2.87. The molecule has 0 aliphatic carbocycles. The molecule has 3 aromatic rings. The van der Waals surface area contributed by atoms with Crippen molar-refractivity contribution in [3.63, 3.8) is 0 Å². The van der Waals surface area contributed by atoms with Crippen LogP contribution in [0.4, 0.5) is 5.69 Å². The minimum atomic E-state index is -0.820. The highest BCUT2D eigenvalue weighted by molar-refractivity contribution is 5.94. The van der Waals surface area contributed by atoms with Crippen LogP contribution in [-0.4, -0.2) is 32.1 Å². The maximum absolute atomic E-state index is 12.8. The Morgan fingerprint density at radius 3 is 2.61 bits per heavy atom. The number of ether oxygens (including phenoxy) is 1. The van der Waals surface area contributed by atoms with Gasteiger partial charge in [0.2, 0.25) is 5.91 Å². The van der Waals surface area contributed by atoms with Gasteiger partial charge in [0.1, 0.15) is 11.8 Å². The standard InChI is InChI=1S/C20H23N5O3/c1-5-28-17-9-7-6-8-16(17)21-20(27)15(4)25-19(26)11-10-18(23-25)24-14(3)12-13(2)22-24/h6-12,15H,5H2,1-4H3,(H,21,27). The molecule has 2 aromatic heterocycles. The Labute approximate surface area is 162 Å². The number of para-hydroxylation sites is 2. The predicted octanol–water partition coefficient (Wildman–Crippen LogP) is 2.64. The molecule has 2 heterocycles. The molecule has 1 unspecified atom stereocenters. The SMILES string of the molecule is CCOc1ccccc1NC(=O)C(C)n1nc(-n2nc(C)cc2C)ccc1=O. The predicted molar refractivity (Wildman–Crippen MR) is 106 cm³/mol. The van der Waals surface area contributed by atoms with E-state index in [0.29, 0.717) is 23.9 Å². The molecule has 0 spiro atoms. The largest absolute Gasteiger partial charge is 0.492 e. The lowest BCUT2D eigenvalue weighted by molar-refractivity contribution is -0.119. The summed E-state index contributed by atoms with van der Waals surface area (Å²) < 4.78 is 8.33. The van der Waals surface area contributed by atoms with Crippen molar-refractivity contribution in [1.82, 2.24) is 19.6 Å². The third-order valence-corrected chi connectivity index (χ3v) is 4.23. The van der Waals surface area contributed by atoms with E-state index in [1.807, 2.05) is 32.9 Å². The summed E-state index contributed by atoms with van der Waals surface area (Å²) in [4.78, 5) is 25.1. The second kappa shape index (κ2) is 8.08. The number of benzene rings is 1. The Kier molecular flexibility index (Phi) is 5.58. The van der Waals surface area contributed by atoms with Crippen molar-refractivity contribution in [2.24, 2.45) is 0 Å². The number of aryl methyl sites for hydroxylation is 2. The summed E-state index contributed by atoms with van der Waals surface area (Å²) in [5.41, 5.74) is 1.91. The van der Waals surface area contributed by atoms with Crippen molar-refractivity contribution in [2.75, 3.05) is 11.9 Å². The molecular formula is C20H23N5O3. The van der Waals surface area contributed by atoms with Gasteiger partial charge in [0.25, 0.3) is 5.56 Å². The highest BCUT2D eigenvalue weighted by Crippen LogP contribution is 2.24. The lowest BCUT2D eigenvalue weighted by Crippen LogP contribution is -2.33. The van der Waals surface area contributed by atoms with Crippen LogP contribution in [0.25, 0.3) is 5.82 Å². The molecule has 0 bridgehead atoms. The van der Waals surface area contributed by atoms with Crippen molar-refractivity contribution in [2.45, 2.75) is 33.7 Å². The fraction of sp³-hybridized carbons (Fsp3) is 0.300. The third-order valence-electron chi connectivity index (χ3n) is 4.23. The van der Waals surface area contributed by atoms with Gasteiger partial charge in [-0.05, 0) is 52.0 Å². The molecule has 1 atom stereocenters. The molecule has 1 amide bonds. The molecular weight excluding hydrogens is 358 g/mol. The summed E-state index contributed by atoms with van der Waals surface area (Å²) in [5.74, 6) is 0.675. The van der Waals surface area contributed by atoms with Crippen molar-refractivity contribution in [3.05, 3.63) is 64.2 Å². The van der Waals surface area contributed by atoms with E-state index in [1.54, 1.807) is 35.9 Å². The van der Waals surface area contributed by atoms with Gasteiger partial charge in [0, 0.05) is 11.8 Å². The second-order valence-corrected chi connectivity index (χ2v) is 6.41. The van der Waals surface area contributed by atoms with Crippen molar-refractivity contribution >= 4 is 11.6 Å². The molecule has 3 rings (SSSR count). The smallest absolute Gasteiger partial charge is 0.267 e. The van der Waals surface area contributed by atoms with E-state index in [-0.39, 0.29) is 11.5 Å². The van der Waals surface area contributed by atoms with Crippen LogP contribution in [0.15, 0.2) is 47.3 Å². The number of hydrogen-bond acceptors (Lipinski definition) is 5. The Morgan fingerprint density at radius 2 is 1.93 bits per heavy atom. The van der Waals surface area contributed by atoms with Gasteiger partial charge in [0.15, 0.2) is 5.82 Å². The normalized spacial score (nSPS) is 11.9. The number of nitrogens with one attached hydrogen (secondary N) is 1. The first-order valence-corrected chi connectivity index (χ1v) is 9.07. The fourth-order valence-corrected chi connectivity index (χ4v) is 2.87. The van der Waals surface area contributed by atoms with Crippen LogP contribution in [0.3, 0.4) is 0 Å². The molecule has 8 heteroatoms. The monoisotopic (exact) mass is 381 g/mol. The lowest BCUT2D eigenvalue weighted by Gasteiger charge is -2.16. The topological polar surface area (TPSA) is 91.0 Å². The summed E-state index contributed by atoms with van der Waals surface area (Å²) in [5, 5.41) is 11.5. The molecule has 0 fully saturated rings. The highest BCUT2D eigenvalue weighted by Gasteiger charge is 2.20. The Bertz CT molecular complexity index is 1050. The molecule has 28 heavy (non-hydrogen) atoms. The van der Waals surface area contributed by atoms with Gasteiger partial charge in [-0.15, -0.1) is 5.10 Å². The van der Waals surface area contributed by atoms with Gasteiger partial charge in [-0.25, -0.2) is 9.36 Å². The number of carbonyl (C=O) groups is 1. The van der Waals surface area contributed by atoms with E-state index in [2.05, 4.69) is 15.5 Å². The van der Waals surface area contributed by atoms with Crippen molar-refractivity contribution in [3.8, 4) is 11.6 Å². The highest BCUT2D eigenvalue weighted by atomic mass is 16.5. The molecule has 0 saturated carbocycles. The lowest BCUT2D eigenvalue weighted by atomic mass is 10.2. The van der Waals surface area contributed by atoms with E-state index < -0.39 is 6.04 Å². The zero-order valence-electron chi connectivity index (χ0n) is 16.3. The zero-order chi connectivity index (χ0) is 20.3. The van der Waals surface area contributed by atoms with Crippen LogP contribution >= 0.6 is 0 Å². The van der Waals surface area contributed by atoms with Crippen LogP contribution in [0.5, 0.6) is 5.75 Å². The van der Waals surface area contributed by atoms with Crippen molar-refractivity contribution in [1.29, 1.82) is 0 Å². The van der Waals surface area contributed by atoms with E-state index in [0.717, 1.165) is 16.1 Å². The first-order valence-electron chi connectivity index (χ1n) is 9.07. The zero-order valence-corrected chi connectivity index (χ0v) is 16.3. The summed E-state index contributed by atoms with van der Waals surface area (Å²) in [6, 6.07) is 11.2. The van der Waals surface area contributed by atoms with Crippen LogP contribution in [0, 0.1) is 13.8 Å². The maximum atomic E-state index is 12.8. The maximum Gasteiger partial charge on any atom is 0.267 e. The summed E-state index contributed by atoms with van der Waals surface area (Å²) in [6.07, 6.45) is 0. The minimum Gasteiger partial charge on any atom is -0.492 e. The number of aromatic nitrogens is 4. The minimum absolute atomic E-state index is 0.368. The first kappa shape index (κ1) is 19.3. The Balaban J connectivity index is 1.89. The number of carbonyl (C=O) groups excluding carboxylic acids is 1. The van der Waals surface area contributed by atoms with Gasteiger partial charge in [-0.2, -0.15) is 5.10 Å². The molecule has 8 nitrogen and oxygen atoms in total. The molecule has 0 aliphatic rings. The summed E-state index contributed by atoms with van der Waals surface area (Å²) in [7, 11) is 0. The van der Waals surface area contributed by atoms with Crippen LogP contribution < -0.4 is 15.6 Å². The molecule has 146 valence electrons. The molecule has 0 radical (unpaired) electrons. The van der Waals surface area contributed by atoms with Crippen LogP contribution in [-0.2, 0) is 4.79 Å². The number of hydrogen-bond donors (Lipinski definition) is 1. The quantitative estimate of drug-likeness (QED) is 0.709. The number of amides is 1. The molecule has 1 aromatic carbocycles. The molecule has 1 N–H and O–H groups in total. The van der Waals surface area contributed by atoms with E-state index >= 15 is 0 Å². The number of rotatable bonds is 6. The Hall–Kier alpha value is -3.42. The number of nitrogens with zero attached hydrogens (tertiary/aromatic N) is 4. The van der Waals surface area contributed by atoms with Gasteiger partial charge in [-0.1, -0.05) is 12.1 Å². The summed E-state index contributed by atoms with van der Waals surface area (Å²) in [6.45, 7) is 7.75. The van der Waals surface area contributed by atoms with Gasteiger partial charge in [-0.3, -0.25) is 9.59 Å². The second-order valence-electron chi connectivity index (χ2n) is 6.41. The van der Waals surface area contributed by atoms with Crippen molar-refractivity contribution < 1.29 is 9.53 Å². The van der Waals surface area contributed by atoms with E-state index in [4.69, 9.17) is 4.74 Å². The average Bonchev–Trinajstić information content (AvgIpc) is 3.01. The first-order chi connectivity index (χ1) is 13.4. The molecule has 0 saturated heterocycles. The van der Waals surface area contributed by atoms with E-state index in [9.17, 15) is 9.59 Å². The van der Waals surface area contributed by atoms with E-state index in [1.165, 1.54) is 6.07 Å².